The number of hydrogen-bond acceptors (Lipinski definition) is 4. The Morgan fingerprint density at radius 3 is 2.83 bits per heavy atom. The lowest BCUT2D eigenvalue weighted by atomic mass is 10.1. The maximum Gasteiger partial charge on any atom is 0.242 e. The van der Waals surface area contributed by atoms with Crippen molar-refractivity contribution in [2.45, 2.75) is 6.42 Å². The quantitative estimate of drug-likeness (QED) is 0.795. The zero-order valence-corrected chi connectivity index (χ0v) is 10.6. The van der Waals surface area contributed by atoms with Gasteiger partial charge in [-0.1, -0.05) is 12.1 Å². The van der Waals surface area contributed by atoms with Gasteiger partial charge < -0.3 is 5.32 Å². The van der Waals surface area contributed by atoms with Crippen LogP contribution >= 0.6 is 0 Å². The first kappa shape index (κ1) is 12.6. The van der Waals surface area contributed by atoms with Gasteiger partial charge in [-0.25, -0.2) is 0 Å². The molecule has 2 rings (SSSR count). The van der Waals surface area contributed by atoms with Crippen LogP contribution < -0.4 is 10.3 Å². The third-order valence-electron chi connectivity index (χ3n) is 3.06. The highest BCUT2D eigenvalue weighted by Gasteiger charge is 2.25. The largest absolute Gasteiger partial charge is 0.313 e. The number of likely N-dealkylation sites (N-methyl/N-ethyl adjacent to an activating group) is 1. The number of ketones is 1. The van der Waals surface area contributed by atoms with Crippen molar-refractivity contribution in [3.8, 4) is 0 Å². The fourth-order valence-corrected chi connectivity index (χ4v) is 2.05. The number of nitrogens with zero attached hydrogens (tertiary/aromatic N) is 2. The lowest BCUT2D eigenvalue weighted by Crippen LogP contribution is -2.35. The molecular formula is C13H17N3O2. The van der Waals surface area contributed by atoms with Gasteiger partial charge in [0.15, 0.2) is 5.78 Å². The van der Waals surface area contributed by atoms with Gasteiger partial charge in [0.05, 0.1) is 12.2 Å². The van der Waals surface area contributed by atoms with Gasteiger partial charge >= 0.3 is 0 Å². The van der Waals surface area contributed by atoms with Gasteiger partial charge in [0.25, 0.3) is 0 Å². The van der Waals surface area contributed by atoms with Gasteiger partial charge in [0, 0.05) is 25.6 Å². The molecule has 0 spiro atoms. The summed E-state index contributed by atoms with van der Waals surface area (Å²) >= 11 is 0. The van der Waals surface area contributed by atoms with E-state index in [2.05, 4.69) is 5.32 Å². The van der Waals surface area contributed by atoms with Gasteiger partial charge in [0.2, 0.25) is 5.91 Å². The number of hydrazine groups is 1. The van der Waals surface area contributed by atoms with Crippen molar-refractivity contribution in [3.63, 3.8) is 0 Å². The Kier molecular flexibility index (Phi) is 3.62. The van der Waals surface area contributed by atoms with Gasteiger partial charge in [-0.3, -0.25) is 19.6 Å². The Labute approximate surface area is 106 Å². The zero-order valence-electron chi connectivity index (χ0n) is 10.6. The normalized spacial score (nSPS) is 15.3. The van der Waals surface area contributed by atoms with Gasteiger partial charge in [-0.2, -0.15) is 0 Å². The number of rotatable bonds is 4. The van der Waals surface area contributed by atoms with Gasteiger partial charge in [-0.15, -0.1) is 0 Å². The van der Waals surface area contributed by atoms with Crippen molar-refractivity contribution < 1.29 is 9.59 Å². The summed E-state index contributed by atoms with van der Waals surface area (Å²) in [5.74, 6) is 0.148. The molecule has 0 bridgehead atoms. The molecule has 0 aromatic heterocycles. The lowest BCUT2D eigenvalue weighted by molar-refractivity contribution is -0.126. The summed E-state index contributed by atoms with van der Waals surface area (Å²) in [6.07, 6.45) is 0.519. The SMILES string of the molecule is CNCC(=O)c1cccc(N2CCC(=O)N2C)c1. The van der Waals surface area contributed by atoms with Crippen molar-refractivity contribution >= 4 is 17.4 Å². The molecule has 1 heterocycles. The second-order valence-electron chi connectivity index (χ2n) is 4.29. The molecule has 0 unspecified atom stereocenters. The van der Waals surface area contributed by atoms with E-state index in [-0.39, 0.29) is 11.7 Å². The smallest absolute Gasteiger partial charge is 0.242 e. The molecule has 1 aromatic rings. The minimum atomic E-state index is 0.0486. The van der Waals surface area contributed by atoms with E-state index < -0.39 is 0 Å². The molecule has 96 valence electrons. The predicted molar refractivity (Wildman–Crippen MR) is 69.4 cm³/mol. The van der Waals surface area contributed by atoms with E-state index in [9.17, 15) is 9.59 Å². The Bertz CT molecular complexity index is 473. The van der Waals surface area contributed by atoms with Crippen LogP contribution in [0.25, 0.3) is 0 Å². The highest BCUT2D eigenvalue weighted by atomic mass is 16.2. The molecule has 1 aromatic carbocycles. The molecule has 0 atom stereocenters. The second kappa shape index (κ2) is 5.18. The lowest BCUT2D eigenvalue weighted by Gasteiger charge is -2.26. The van der Waals surface area contributed by atoms with E-state index in [0.717, 1.165) is 5.69 Å². The molecule has 1 amide bonds. The summed E-state index contributed by atoms with van der Waals surface area (Å²) in [5, 5.41) is 6.33. The molecule has 0 saturated carbocycles. The van der Waals surface area contributed by atoms with Crippen LogP contribution in [0.3, 0.4) is 0 Å². The van der Waals surface area contributed by atoms with E-state index in [1.165, 1.54) is 0 Å². The van der Waals surface area contributed by atoms with Crippen molar-refractivity contribution in [3.05, 3.63) is 29.8 Å². The number of hydrogen-bond donors (Lipinski definition) is 1. The first-order valence-electron chi connectivity index (χ1n) is 5.95. The van der Waals surface area contributed by atoms with E-state index in [4.69, 9.17) is 0 Å². The Hall–Kier alpha value is -1.88. The Morgan fingerprint density at radius 1 is 1.44 bits per heavy atom. The van der Waals surface area contributed by atoms with Crippen molar-refractivity contribution in [1.82, 2.24) is 10.3 Å². The summed E-state index contributed by atoms with van der Waals surface area (Å²) in [7, 11) is 3.49. The summed E-state index contributed by atoms with van der Waals surface area (Å²) in [4.78, 5) is 23.3. The third kappa shape index (κ3) is 2.36. The molecule has 18 heavy (non-hydrogen) atoms. The monoisotopic (exact) mass is 247 g/mol. The topological polar surface area (TPSA) is 52.7 Å². The maximum atomic E-state index is 11.8. The summed E-state index contributed by atoms with van der Waals surface area (Å²) in [6, 6.07) is 7.37. The molecule has 5 nitrogen and oxygen atoms in total. The molecule has 5 heteroatoms. The molecule has 1 aliphatic heterocycles. The van der Waals surface area contributed by atoms with Gasteiger partial charge in [-0.05, 0) is 19.2 Å². The summed E-state index contributed by atoms with van der Waals surface area (Å²) in [6.45, 7) is 0.983. The molecule has 1 aliphatic rings. The van der Waals surface area contributed by atoms with Crippen LogP contribution in [0.2, 0.25) is 0 Å². The minimum absolute atomic E-state index is 0.0486. The highest BCUT2D eigenvalue weighted by Crippen LogP contribution is 2.22. The van der Waals surface area contributed by atoms with Crippen LogP contribution in [0, 0.1) is 0 Å². The van der Waals surface area contributed by atoms with Crippen molar-refractivity contribution in [2.75, 3.05) is 32.2 Å². The zero-order chi connectivity index (χ0) is 13.1. The van der Waals surface area contributed by atoms with Gasteiger partial charge in [0.1, 0.15) is 0 Å². The van der Waals surface area contributed by atoms with E-state index >= 15 is 0 Å². The van der Waals surface area contributed by atoms with Crippen LogP contribution in [0.15, 0.2) is 24.3 Å². The first-order chi connectivity index (χ1) is 8.63. The standard InChI is InChI=1S/C13H17N3O2/c1-14-9-12(17)10-4-3-5-11(8-10)16-7-6-13(18)15(16)2/h3-5,8,14H,6-7,9H2,1-2H3. The van der Waals surface area contributed by atoms with Crippen LogP contribution in [-0.4, -0.2) is 43.9 Å². The number of carbonyl (C=O) groups is 2. The predicted octanol–water partition coefficient (Wildman–Crippen LogP) is 0.672. The third-order valence-corrected chi connectivity index (χ3v) is 3.06. The number of nitrogens with one attached hydrogen (secondary N) is 1. The summed E-state index contributed by atoms with van der Waals surface area (Å²) < 4.78 is 0. The molecule has 1 N–H and O–H groups in total. The average Bonchev–Trinajstić information content (AvgIpc) is 2.71. The minimum Gasteiger partial charge on any atom is -0.313 e. The van der Waals surface area contributed by atoms with Crippen LogP contribution in [0.1, 0.15) is 16.8 Å². The average molecular weight is 247 g/mol. The Balaban J connectivity index is 2.22. The van der Waals surface area contributed by atoms with E-state index in [1.54, 1.807) is 25.2 Å². The first-order valence-corrected chi connectivity index (χ1v) is 5.95. The van der Waals surface area contributed by atoms with E-state index in [1.807, 2.05) is 23.2 Å². The van der Waals surface area contributed by atoms with Crippen LogP contribution in [0.5, 0.6) is 0 Å². The maximum absolute atomic E-state index is 11.8. The van der Waals surface area contributed by atoms with Crippen molar-refractivity contribution in [1.29, 1.82) is 0 Å². The molecule has 1 fully saturated rings. The fourth-order valence-electron chi connectivity index (χ4n) is 2.05. The second-order valence-corrected chi connectivity index (χ2v) is 4.29. The molecule has 1 saturated heterocycles. The Morgan fingerprint density at radius 2 is 2.22 bits per heavy atom. The molecule has 0 aliphatic carbocycles. The summed E-state index contributed by atoms with van der Waals surface area (Å²) in [5.41, 5.74) is 1.54. The highest BCUT2D eigenvalue weighted by molar-refractivity contribution is 5.98. The molecular weight excluding hydrogens is 230 g/mol. The fraction of sp³-hybridized carbons (Fsp3) is 0.385. The number of Topliss-reactive ketones (excluding diaryl/α,β-unsaturated/α-hetero) is 1. The van der Waals surface area contributed by atoms with Crippen LogP contribution in [-0.2, 0) is 4.79 Å². The van der Waals surface area contributed by atoms with E-state index in [0.29, 0.717) is 25.1 Å². The van der Waals surface area contributed by atoms with Crippen molar-refractivity contribution in [2.24, 2.45) is 0 Å². The molecule has 0 radical (unpaired) electrons. The number of amides is 1. The number of carbonyl (C=O) groups excluding carboxylic acids is 2. The number of benzene rings is 1. The number of anilines is 1. The van der Waals surface area contributed by atoms with Crippen LogP contribution in [0.4, 0.5) is 5.69 Å².